The third-order valence-corrected chi connectivity index (χ3v) is 3.31. The molecule has 0 heterocycles. The Balaban J connectivity index is 3.20. The van der Waals surface area contributed by atoms with Crippen LogP contribution < -0.4 is 5.32 Å². The summed E-state index contributed by atoms with van der Waals surface area (Å²) in [6, 6.07) is 2.85. The van der Waals surface area contributed by atoms with Crippen LogP contribution in [-0.4, -0.2) is 26.0 Å². The molecule has 0 bridgehead atoms. The summed E-state index contributed by atoms with van der Waals surface area (Å²) < 4.78 is 26.7. The Labute approximate surface area is 112 Å². The molecule has 1 aromatic carbocycles. The molecule has 10 heteroatoms. The van der Waals surface area contributed by atoms with Crippen LogP contribution in [0.5, 0.6) is 0 Å². The first kappa shape index (κ1) is 15.2. The van der Waals surface area contributed by atoms with E-state index in [9.17, 15) is 23.3 Å². The first-order valence-electron chi connectivity index (χ1n) is 4.92. The molecule has 1 rings (SSSR count). The molecule has 0 fully saturated rings. The molecular weight excluding hydrogens is 300 g/mol. The van der Waals surface area contributed by atoms with Crippen molar-refractivity contribution in [1.29, 1.82) is 0 Å². The third kappa shape index (κ3) is 4.07. The molecule has 1 aromatic rings. The van der Waals surface area contributed by atoms with Crippen LogP contribution in [0.15, 0.2) is 23.1 Å². The van der Waals surface area contributed by atoms with E-state index in [0.717, 1.165) is 18.2 Å². The van der Waals surface area contributed by atoms with Gasteiger partial charge in [-0.15, -0.1) is 0 Å². The predicted octanol–water partition coefficient (Wildman–Crippen LogP) is 2.09. The van der Waals surface area contributed by atoms with Gasteiger partial charge in [-0.2, -0.15) is 0 Å². The van der Waals surface area contributed by atoms with Crippen LogP contribution in [0.25, 0.3) is 0 Å². The summed E-state index contributed by atoms with van der Waals surface area (Å²) in [4.78, 5) is 20.7. The Bertz CT molecular complexity index is 615. The zero-order valence-corrected chi connectivity index (χ0v) is 11.2. The summed E-state index contributed by atoms with van der Waals surface area (Å²) in [7, 11) is 0.990. The molecule has 0 aromatic heterocycles. The number of benzene rings is 1. The molecular formula is C9H9ClN2O6S. The van der Waals surface area contributed by atoms with Crippen LogP contribution in [0.4, 0.5) is 16.2 Å². The van der Waals surface area contributed by atoms with Gasteiger partial charge in [0.15, 0.2) is 0 Å². The van der Waals surface area contributed by atoms with Crippen LogP contribution in [0.2, 0.25) is 0 Å². The summed E-state index contributed by atoms with van der Waals surface area (Å²) in [5, 5.41) is 12.9. The number of halogens is 1. The summed E-state index contributed by atoms with van der Waals surface area (Å²) >= 11 is 0. The van der Waals surface area contributed by atoms with Gasteiger partial charge in [-0.3, -0.25) is 15.4 Å². The van der Waals surface area contributed by atoms with Gasteiger partial charge < -0.3 is 4.74 Å². The lowest BCUT2D eigenvalue weighted by molar-refractivity contribution is -0.384. The average molecular weight is 309 g/mol. The number of amides is 1. The van der Waals surface area contributed by atoms with Crippen molar-refractivity contribution in [3.8, 4) is 0 Å². The fourth-order valence-electron chi connectivity index (χ4n) is 1.20. The second kappa shape index (κ2) is 5.85. The van der Waals surface area contributed by atoms with E-state index in [1.807, 2.05) is 0 Å². The number of anilines is 1. The fourth-order valence-corrected chi connectivity index (χ4v) is 1.97. The first-order chi connectivity index (χ1) is 8.75. The van der Waals surface area contributed by atoms with E-state index in [1.54, 1.807) is 6.92 Å². The number of ether oxygens (including phenoxy) is 1. The van der Waals surface area contributed by atoms with Crippen LogP contribution >= 0.6 is 10.7 Å². The number of rotatable bonds is 4. The predicted molar refractivity (Wildman–Crippen MR) is 66.8 cm³/mol. The van der Waals surface area contributed by atoms with Crippen molar-refractivity contribution in [1.82, 2.24) is 0 Å². The number of hydrogen-bond donors (Lipinski definition) is 1. The van der Waals surface area contributed by atoms with E-state index in [1.165, 1.54) is 0 Å². The van der Waals surface area contributed by atoms with E-state index < -0.39 is 30.7 Å². The minimum Gasteiger partial charge on any atom is -0.450 e. The highest BCUT2D eigenvalue weighted by atomic mass is 35.7. The van der Waals surface area contributed by atoms with E-state index in [2.05, 4.69) is 10.1 Å². The maximum absolute atomic E-state index is 11.2. The smallest absolute Gasteiger partial charge is 0.411 e. The maximum atomic E-state index is 11.2. The molecule has 0 aliphatic rings. The number of nitro benzene ring substituents is 1. The van der Waals surface area contributed by atoms with Gasteiger partial charge in [0.2, 0.25) is 0 Å². The Morgan fingerprint density at radius 1 is 1.53 bits per heavy atom. The molecule has 1 N–H and O–H groups in total. The van der Waals surface area contributed by atoms with E-state index in [4.69, 9.17) is 10.7 Å². The van der Waals surface area contributed by atoms with E-state index in [-0.39, 0.29) is 12.3 Å². The number of carbonyl (C=O) groups excluding carboxylic acids is 1. The SMILES string of the molecule is CCOC(=O)Nc1ccc(S(=O)(=O)Cl)cc1[N+](=O)[O-]. The Kier molecular flexibility index (Phi) is 4.67. The minimum atomic E-state index is -4.09. The molecule has 0 aliphatic carbocycles. The van der Waals surface area contributed by atoms with Gasteiger partial charge in [0.25, 0.3) is 14.7 Å². The van der Waals surface area contributed by atoms with Crippen LogP contribution in [0, 0.1) is 10.1 Å². The lowest BCUT2D eigenvalue weighted by atomic mass is 10.2. The number of nitrogens with zero attached hydrogens (tertiary/aromatic N) is 1. The number of nitrogens with one attached hydrogen (secondary N) is 1. The Morgan fingerprint density at radius 2 is 2.16 bits per heavy atom. The van der Waals surface area contributed by atoms with E-state index in [0.29, 0.717) is 0 Å². The molecule has 0 unspecified atom stereocenters. The molecule has 0 saturated heterocycles. The van der Waals surface area contributed by atoms with Gasteiger partial charge in [-0.1, -0.05) is 0 Å². The van der Waals surface area contributed by atoms with Crippen molar-refractivity contribution in [3.05, 3.63) is 28.3 Å². The molecule has 0 radical (unpaired) electrons. The topological polar surface area (TPSA) is 116 Å². The van der Waals surface area contributed by atoms with Gasteiger partial charge in [0.1, 0.15) is 5.69 Å². The van der Waals surface area contributed by atoms with Crippen molar-refractivity contribution in [3.63, 3.8) is 0 Å². The number of nitro groups is 1. The molecule has 0 aliphatic heterocycles. The normalized spacial score (nSPS) is 10.8. The van der Waals surface area contributed by atoms with Crippen molar-refractivity contribution in [2.45, 2.75) is 11.8 Å². The standard InChI is InChI=1S/C9H9ClN2O6S/c1-2-18-9(13)11-7-4-3-6(19(10,16)17)5-8(7)12(14)15/h3-5H,2H2,1H3,(H,11,13). The van der Waals surface area contributed by atoms with Crippen LogP contribution in [-0.2, 0) is 13.8 Å². The zero-order valence-electron chi connectivity index (χ0n) is 9.62. The van der Waals surface area contributed by atoms with Crippen LogP contribution in [0.3, 0.4) is 0 Å². The van der Waals surface area contributed by atoms with Crippen molar-refractivity contribution in [2.24, 2.45) is 0 Å². The minimum absolute atomic E-state index is 0.0910. The molecule has 19 heavy (non-hydrogen) atoms. The molecule has 1 amide bonds. The average Bonchev–Trinajstić information content (AvgIpc) is 2.27. The summed E-state index contributed by atoms with van der Waals surface area (Å²) in [5.74, 6) is 0. The van der Waals surface area contributed by atoms with Gasteiger partial charge >= 0.3 is 6.09 Å². The van der Waals surface area contributed by atoms with Gasteiger partial charge in [0, 0.05) is 16.7 Å². The highest BCUT2D eigenvalue weighted by Gasteiger charge is 2.21. The number of hydrogen-bond acceptors (Lipinski definition) is 6. The summed E-state index contributed by atoms with van der Waals surface area (Å²) in [5.41, 5.74) is -0.790. The van der Waals surface area contributed by atoms with E-state index >= 15 is 0 Å². The first-order valence-corrected chi connectivity index (χ1v) is 7.23. The molecule has 104 valence electrons. The summed E-state index contributed by atoms with van der Waals surface area (Å²) in [6.07, 6.45) is -0.882. The monoisotopic (exact) mass is 308 g/mol. The van der Waals surface area contributed by atoms with Gasteiger partial charge in [0.05, 0.1) is 16.4 Å². The van der Waals surface area contributed by atoms with Crippen molar-refractivity contribution < 1.29 is 22.9 Å². The zero-order chi connectivity index (χ0) is 14.6. The maximum Gasteiger partial charge on any atom is 0.411 e. The molecule has 0 saturated carbocycles. The molecule has 0 atom stereocenters. The van der Waals surface area contributed by atoms with Crippen LogP contribution in [0.1, 0.15) is 6.92 Å². The Hall–Kier alpha value is -1.87. The lowest BCUT2D eigenvalue weighted by Crippen LogP contribution is -2.14. The van der Waals surface area contributed by atoms with Crippen molar-refractivity contribution >= 4 is 37.2 Å². The lowest BCUT2D eigenvalue weighted by Gasteiger charge is -2.06. The quantitative estimate of drug-likeness (QED) is 0.517. The fraction of sp³-hybridized carbons (Fsp3) is 0.222. The Morgan fingerprint density at radius 3 is 2.63 bits per heavy atom. The molecule has 8 nitrogen and oxygen atoms in total. The largest absolute Gasteiger partial charge is 0.450 e. The second-order valence-electron chi connectivity index (χ2n) is 3.22. The highest BCUT2D eigenvalue weighted by Crippen LogP contribution is 2.29. The van der Waals surface area contributed by atoms with Crippen molar-refractivity contribution in [2.75, 3.05) is 11.9 Å². The van der Waals surface area contributed by atoms with Gasteiger partial charge in [-0.05, 0) is 19.1 Å². The number of carbonyl (C=O) groups is 1. The third-order valence-electron chi connectivity index (χ3n) is 1.96. The summed E-state index contributed by atoms with van der Waals surface area (Å²) in [6.45, 7) is 1.66. The second-order valence-corrected chi connectivity index (χ2v) is 5.79. The molecule has 0 spiro atoms. The van der Waals surface area contributed by atoms with Gasteiger partial charge in [-0.25, -0.2) is 13.2 Å². The highest BCUT2D eigenvalue weighted by molar-refractivity contribution is 8.13.